The Labute approximate surface area is 141 Å². The van der Waals surface area contributed by atoms with Gasteiger partial charge in [0.2, 0.25) is 11.8 Å². The van der Waals surface area contributed by atoms with Gasteiger partial charge in [0.15, 0.2) is 0 Å². The minimum Gasteiger partial charge on any atom is -0.368 e. The van der Waals surface area contributed by atoms with Crippen molar-refractivity contribution < 1.29 is 9.59 Å². The fourth-order valence-electron chi connectivity index (χ4n) is 3.10. The minimum atomic E-state index is -0.707. The summed E-state index contributed by atoms with van der Waals surface area (Å²) in [4.78, 5) is 26.3. The van der Waals surface area contributed by atoms with Crippen LogP contribution < -0.4 is 16.0 Å². The molecule has 0 aliphatic carbocycles. The summed E-state index contributed by atoms with van der Waals surface area (Å²) >= 11 is 0. The Bertz CT molecular complexity index is 745. The van der Waals surface area contributed by atoms with Crippen LogP contribution in [-0.2, 0) is 16.0 Å². The van der Waals surface area contributed by atoms with E-state index < -0.39 is 18.0 Å². The van der Waals surface area contributed by atoms with Crippen molar-refractivity contribution >= 4 is 17.5 Å². The molecule has 1 aliphatic heterocycles. The van der Waals surface area contributed by atoms with E-state index in [1.165, 1.54) is 5.56 Å². The molecule has 2 amide bonds. The molecule has 1 aliphatic rings. The van der Waals surface area contributed by atoms with Crippen LogP contribution in [0.2, 0.25) is 0 Å². The van der Waals surface area contributed by atoms with E-state index in [1.807, 2.05) is 48.5 Å². The van der Waals surface area contributed by atoms with Crippen molar-refractivity contribution in [2.24, 2.45) is 5.73 Å². The van der Waals surface area contributed by atoms with E-state index in [1.54, 1.807) is 6.92 Å². The second kappa shape index (κ2) is 6.74. The van der Waals surface area contributed by atoms with Gasteiger partial charge in [-0.1, -0.05) is 48.5 Å². The van der Waals surface area contributed by atoms with E-state index in [2.05, 4.69) is 16.3 Å². The van der Waals surface area contributed by atoms with Gasteiger partial charge in [-0.25, -0.2) is 0 Å². The van der Waals surface area contributed by atoms with Crippen molar-refractivity contribution in [2.75, 3.05) is 11.4 Å². The molecule has 3 N–H and O–H groups in total. The highest BCUT2D eigenvalue weighted by Crippen LogP contribution is 2.35. The average Bonchev–Trinajstić information content (AvgIpc) is 3.00. The van der Waals surface area contributed by atoms with Crippen molar-refractivity contribution in [3.8, 4) is 0 Å². The van der Waals surface area contributed by atoms with Crippen molar-refractivity contribution in [1.82, 2.24) is 5.32 Å². The lowest BCUT2D eigenvalue weighted by molar-refractivity contribution is -0.127. The average molecular weight is 323 g/mol. The van der Waals surface area contributed by atoms with Crippen molar-refractivity contribution in [3.05, 3.63) is 65.7 Å². The monoisotopic (exact) mass is 323 g/mol. The van der Waals surface area contributed by atoms with Gasteiger partial charge in [0, 0.05) is 12.2 Å². The molecule has 0 fully saturated rings. The molecule has 0 unspecified atom stereocenters. The van der Waals surface area contributed by atoms with E-state index in [-0.39, 0.29) is 5.91 Å². The van der Waals surface area contributed by atoms with E-state index in [9.17, 15) is 9.59 Å². The summed E-state index contributed by atoms with van der Waals surface area (Å²) in [5, 5.41) is 2.73. The molecule has 1 heterocycles. The van der Waals surface area contributed by atoms with Crippen LogP contribution in [0.3, 0.4) is 0 Å². The molecule has 0 spiro atoms. The highest BCUT2D eigenvalue weighted by molar-refractivity contribution is 5.91. The molecule has 2 atom stereocenters. The van der Waals surface area contributed by atoms with Gasteiger partial charge in [-0.05, 0) is 30.5 Å². The number of benzene rings is 2. The van der Waals surface area contributed by atoms with Crippen LogP contribution in [0.15, 0.2) is 54.6 Å². The molecule has 0 radical (unpaired) electrons. The summed E-state index contributed by atoms with van der Waals surface area (Å²) in [6, 6.07) is 16.5. The van der Waals surface area contributed by atoms with Crippen molar-refractivity contribution in [1.29, 1.82) is 0 Å². The van der Waals surface area contributed by atoms with Crippen LogP contribution in [0.25, 0.3) is 0 Å². The van der Waals surface area contributed by atoms with E-state index in [0.717, 1.165) is 24.2 Å². The number of rotatable bonds is 5. The van der Waals surface area contributed by atoms with Gasteiger partial charge in [0.05, 0.1) is 0 Å². The summed E-state index contributed by atoms with van der Waals surface area (Å²) in [6.45, 7) is 2.36. The number of primary amides is 1. The first-order valence-electron chi connectivity index (χ1n) is 8.07. The Hall–Kier alpha value is -2.82. The summed E-state index contributed by atoms with van der Waals surface area (Å²) in [5.74, 6) is -0.763. The van der Waals surface area contributed by atoms with Crippen molar-refractivity contribution in [3.63, 3.8) is 0 Å². The predicted molar refractivity (Wildman–Crippen MR) is 93.5 cm³/mol. The zero-order chi connectivity index (χ0) is 17.1. The van der Waals surface area contributed by atoms with Crippen LogP contribution in [0.4, 0.5) is 5.69 Å². The van der Waals surface area contributed by atoms with Crippen LogP contribution in [0.5, 0.6) is 0 Å². The van der Waals surface area contributed by atoms with Crippen molar-refractivity contribution in [2.45, 2.75) is 25.4 Å². The molecular formula is C19H21N3O2. The number of anilines is 1. The fourth-order valence-corrected chi connectivity index (χ4v) is 3.10. The van der Waals surface area contributed by atoms with Gasteiger partial charge >= 0.3 is 0 Å². The third-order valence-corrected chi connectivity index (χ3v) is 4.38. The standard InChI is InChI=1S/C19H21N3O2/c1-13(18(20)23)21-19(24)17(15-8-3-2-4-9-15)22-12-11-14-7-5-6-10-16(14)22/h2-10,13,17H,11-12H2,1H3,(H2,20,23)(H,21,24)/t13-,17+/m0/s1. The lowest BCUT2D eigenvalue weighted by Crippen LogP contribution is -2.47. The molecule has 2 aromatic rings. The number of hydrogen-bond donors (Lipinski definition) is 2. The molecule has 5 heteroatoms. The van der Waals surface area contributed by atoms with Gasteiger partial charge in [-0.15, -0.1) is 0 Å². The summed E-state index contributed by atoms with van der Waals surface area (Å²) in [7, 11) is 0. The maximum Gasteiger partial charge on any atom is 0.248 e. The zero-order valence-corrected chi connectivity index (χ0v) is 13.6. The SMILES string of the molecule is C[C@H](NC(=O)[C@@H](c1ccccc1)N1CCc2ccccc21)C(N)=O. The van der Waals surface area contributed by atoms with Gasteiger partial charge in [-0.3, -0.25) is 9.59 Å². The molecule has 0 aromatic heterocycles. The van der Waals surface area contributed by atoms with Gasteiger partial charge in [0.1, 0.15) is 12.1 Å². The van der Waals surface area contributed by atoms with E-state index >= 15 is 0 Å². The predicted octanol–water partition coefficient (Wildman–Crippen LogP) is 1.78. The number of nitrogens with two attached hydrogens (primary N) is 1. The number of amides is 2. The smallest absolute Gasteiger partial charge is 0.248 e. The molecule has 124 valence electrons. The maximum absolute atomic E-state index is 12.9. The molecule has 3 rings (SSSR count). The Kier molecular flexibility index (Phi) is 4.51. The number of hydrogen-bond acceptors (Lipinski definition) is 3. The first kappa shape index (κ1) is 16.1. The molecule has 0 saturated heterocycles. The van der Waals surface area contributed by atoms with Crippen LogP contribution in [0, 0.1) is 0 Å². The number of carbonyl (C=O) groups is 2. The van der Waals surface area contributed by atoms with Gasteiger partial charge in [-0.2, -0.15) is 0 Å². The maximum atomic E-state index is 12.9. The third kappa shape index (κ3) is 3.11. The number of nitrogens with one attached hydrogen (secondary N) is 1. The molecule has 0 bridgehead atoms. The zero-order valence-electron chi connectivity index (χ0n) is 13.6. The molecular weight excluding hydrogens is 302 g/mol. The largest absolute Gasteiger partial charge is 0.368 e. The Morgan fingerprint density at radius 2 is 1.75 bits per heavy atom. The molecule has 24 heavy (non-hydrogen) atoms. The van der Waals surface area contributed by atoms with Crippen LogP contribution in [-0.4, -0.2) is 24.4 Å². The molecule has 5 nitrogen and oxygen atoms in total. The number of nitrogens with zero attached hydrogens (tertiary/aromatic N) is 1. The quantitative estimate of drug-likeness (QED) is 0.881. The van der Waals surface area contributed by atoms with Gasteiger partial charge < -0.3 is 16.0 Å². The summed E-state index contributed by atoms with van der Waals surface area (Å²) < 4.78 is 0. The number of para-hydroxylation sites is 1. The minimum absolute atomic E-state index is 0.218. The lowest BCUT2D eigenvalue weighted by Gasteiger charge is -2.30. The van der Waals surface area contributed by atoms with Gasteiger partial charge in [0.25, 0.3) is 0 Å². The number of carbonyl (C=O) groups excluding carboxylic acids is 2. The number of fused-ring (bicyclic) bond motifs is 1. The second-order valence-electron chi connectivity index (χ2n) is 6.02. The normalized spacial score (nSPS) is 15.5. The highest BCUT2D eigenvalue weighted by Gasteiger charge is 2.33. The molecule has 0 saturated carbocycles. The Morgan fingerprint density at radius 1 is 1.08 bits per heavy atom. The van der Waals surface area contributed by atoms with Crippen LogP contribution >= 0.6 is 0 Å². The van der Waals surface area contributed by atoms with E-state index in [4.69, 9.17) is 5.73 Å². The van der Waals surface area contributed by atoms with E-state index in [0.29, 0.717) is 0 Å². The highest BCUT2D eigenvalue weighted by atomic mass is 16.2. The first-order valence-corrected chi connectivity index (χ1v) is 8.07. The topological polar surface area (TPSA) is 75.4 Å². The third-order valence-electron chi connectivity index (χ3n) is 4.38. The summed E-state index contributed by atoms with van der Waals surface area (Å²) in [6.07, 6.45) is 0.901. The lowest BCUT2D eigenvalue weighted by atomic mass is 10.0. The Morgan fingerprint density at radius 3 is 2.46 bits per heavy atom. The van der Waals surface area contributed by atoms with Crippen LogP contribution in [0.1, 0.15) is 24.1 Å². The second-order valence-corrected chi connectivity index (χ2v) is 6.02. The molecule has 2 aromatic carbocycles. The Balaban J connectivity index is 1.95. The fraction of sp³-hybridized carbons (Fsp3) is 0.263. The first-order chi connectivity index (χ1) is 11.6. The summed E-state index contributed by atoms with van der Waals surface area (Å²) in [5.41, 5.74) is 8.47.